The zero-order chi connectivity index (χ0) is 19.4. The lowest BCUT2D eigenvalue weighted by Gasteiger charge is -2.20. The predicted molar refractivity (Wildman–Crippen MR) is 111 cm³/mol. The van der Waals surface area contributed by atoms with Gasteiger partial charge in [-0.3, -0.25) is 4.79 Å². The molecule has 0 N–H and O–H groups in total. The van der Waals surface area contributed by atoms with E-state index >= 15 is 0 Å². The first-order valence-electron chi connectivity index (χ1n) is 9.26. The fourth-order valence-corrected chi connectivity index (χ4v) is 5.43. The van der Waals surface area contributed by atoms with E-state index < -0.39 is 10.0 Å². The maximum absolute atomic E-state index is 13.0. The highest BCUT2D eigenvalue weighted by Gasteiger charge is 2.25. The van der Waals surface area contributed by atoms with E-state index in [2.05, 4.69) is 15.9 Å². The number of hydrogen-bond acceptors (Lipinski definition) is 3. The van der Waals surface area contributed by atoms with Gasteiger partial charge in [0, 0.05) is 29.5 Å². The monoisotopic (exact) mass is 449 g/mol. The van der Waals surface area contributed by atoms with Crippen LogP contribution in [0.3, 0.4) is 0 Å². The minimum Gasteiger partial charge on any atom is -0.294 e. The van der Waals surface area contributed by atoms with Gasteiger partial charge in [0.2, 0.25) is 10.0 Å². The summed E-state index contributed by atoms with van der Waals surface area (Å²) >= 11 is 3.43. The highest BCUT2D eigenvalue weighted by atomic mass is 79.9. The second-order valence-electron chi connectivity index (χ2n) is 7.02. The third kappa shape index (κ3) is 4.86. The van der Waals surface area contributed by atoms with Gasteiger partial charge in [0.05, 0.1) is 4.90 Å². The number of carbonyl (C=O) groups is 1. The van der Waals surface area contributed by atoms with Gasteiger partial charge >= 0.3 is 0 Å². The average molecular weight is 450 g/mol. The van der Waals surface area contributed by atoms with Gasteiger partial charge in [0.25, 0.3) is 0 Å². The Morgan fingerprint density at radius 3 is 2.41 bits per heavy atom. The minimum atomic E-state index is -3.55. The van der Waals surface area contributed by atoms with E-state index in [0.29, 0.717) is 18.7 Å². The first-order valence-corrected chi connectivity index (χ1v) is 11.5. The Labute approximate surface area is 169 Å². The summed E-state index contributed by atoms with van der Waals surface area (Å²) in [6, 6.07) is 12.3. The van der Waals surface area contributed by atoms with Gasteiger partial charge in [-0.2, -0.15) is 4.31 Å². The molecule has 1 saturated heterocycles. The molecule has 4 nitrogen and oxygen atoms in total. The van der Waals surface area contributed by atoms with Crippen molar-refractivity contribution in [2.24, 2.45) is 0 Å². The lowest BCUT2D eigenvalue weighted by Crippen LogP contribution is -2.32. The molecule has 1 heterocycles. The van der Waals surface area contributed by atoms with Crippen molar-refractivity contribution in [2.45, 2.75) is 43.9 Å². The molecule has 1 aliphatic rings. The summed E-state index contributed by atoms with van der Waals surface area (Å²) < 4.78 is 28.5. The van der Waals surface area contributed by atoms with Crippen molar-refractivity contribution >= 4 is 31.7 Å². The second-order valence-corrected chi connectivity index (χ2v) is 9.87. The number of aryl methyl sites for hydroxylation is 1. The smallest absolute Gasteiger partial charge is 0.243 e. The van der Waals surface area contributed by atoms with E-state index in [0.717, 1.165) is 41.3 Å². The molecule has 0 radical (unpaired) electrons. The number of nitrogens with zero attached hydrogens (tertiary/aromatic N) is 1. The summed E-state index contributed by atoms with van der Waals surface area (Å²) in [5.41, 5.74) is 2.42. The van der Waals surface area contributed by atoms with Gasteiger partial charge in [-0.15, -0.1) is 0 Å². The SMILES string of the molecule is Cc1cc(Br)ccc1CC(=O)c1cccc(S(=O)(=O)N2CCCCCC2)c1. The summed E-state index contributed by atoms with van der Waals surface area (Å²) in [7, 11) is -3.55. The quantitative estimate of drug-likeness (QED) is 0.618. The molecule has 1 fully saturated rings. The van der Waals surface area contributed by atoms with Crippen LogP contribution >= 0.6 is 15.9 Å². The Balaban J connectivity index is 1.83. The normalized spacial score (nSPS) is 16.1. The van der Waals surface area contributed by atoms with Crippen molar-refractivity contribution in [1.82, 2.24) is 4.31 Å². The molecule has 0 bridgehead atoms. The van der Waals surface area contributed by atoms with Crippen molar-refractivity contribution in [1.29, 1.82) is 0 Å². The molecule has 0 unspecified atom stereocenters. The van der Waals surface area contributed by atoms with E-state index in [4.69, 9.17) is 0 Å². The number of benzene rings is 2. The largest absolute Gasteiger partial charge is 0.294 e. The molecule has 0 aliphatic carbocycles. The Morgan fingerprint density at radius 2 is 1.74 bits per heavy atom. The maximum atomic E-state index is 13.0. The van der Waals surface area contributed by atoms with E-state index in [9.17, 15) is 13.2 Å². The highest BCUT2D eigenvalue weighted by Crippen LogP contribution is 2.22. The molecule has 0 aromatic heterocycles. The lowest BCUT2D eigenvalue weighted by molar-refractivity contribution is 0.0992. The van der Waals surface area contributed by atoms with Crippen LogP contribution in [0.25, 0.3) is 0 Å². The summed E-state index contributed by atoms with van der Waals surface area (Å²) in [5.74, 6) is -0.0756. The standard InChI is InChI=1S/C21H24BrNO3S/c1-16-13-19(22)10-9-17(16)15-21(24)18-7-6-8-20(14-18)27(25,26)23-11-4-2-3-5-12-23/h6-10,13-14H,2-5,11-12,15H2,1H3. The first kappa shape index (κ1) is 20.2. The number of Topliss-reactive ketones (excluding diaryl/α,β-unsaturated/α-hetero) is 1. The predicted octanol–water partition coefficient (Wildman–Crippen LogP) is 4.75. The summed E-state index contributed by atoms with van der Waals surface area (Å²) in [6.45, 7) is 3.07. The van der Waals surface area contributed by atoms with Gasteiger partial charge < -0.3 is 0 Å². The van der Waals surface area contributed by atoms with Crippen molar-refractivity contribution < 1.29 is 13.2 Å². The van der Waals surface area contributed by atoms with Crippen LogP contribution in [0, 0.1) is 6.92 Å². The van der Waals surface area contributed by atoms with Crippen LogP contribution in [0.15, 0.2) is 51.8 Å². The summed E-state index contributed by atoms with van der Waals surface area (Å²) in [6.07, 6.45) is 4.17. The molecule has 144 valence electrons. The third-order valence-corrected chi connectivity index (χ3v) is 7.40. The number of ketones is 1. The van der Waals surface area contributed by atoms with Crippen LogP contribution < -0.4 is 0 Å². The van der Waals surface area contributed by atoms with Gasteiger partial charge in [0.1, 0.15) is 0 Å². The Kier molecular flexibility index (Phi) is 6.50. The Morgan fingerprint density at radius 1 is 1.04 bits per heavy atom. The lowest BCUT2D eigenvalue weighted by atomic mass is 10.00. The van der Waals surface area contributed by atoms with Gasteiger partial charge in [-0.25, -0.2) is 8.42 Å². The Bertz CT molecular complexity index is 932. The average Bonchev–Trinajstić information content (AvgIpc) is 2.94. The fourth-order valence-electron chi connectivity index (χ4n) is 3.39. The van der Waals surface area contributed by atoms with Crippen LogP contribution in [-0.2, 0) is 16.4 Å². The van der Waals surface area contributed by atoms with Gasteiger partial charge in [-0.1, -0.05) is 47.0 Å². The van der Waals surface area contributed by atoms with Crippen LogP contribution in [0.5, 0.6) is 0 Å². The van der Waals surface area contributed by atoms with Gasteiger partial charge in [-0.05, 0) is 55.2 Å². The third-order valence-electron chi connectivity index (χ3n) is 5.01. The number of rotatable bonds is 5. The molecule has 0 atom stereocenters. The molecule has 2 aromatic carbocycles. The van der Waals surface area contributed by atoms with Crippen LogP contribution in [0.1, 0.15) is 47.2 Å². The molecular weight excluding hydrogens is 426 g/mol. The minimum absolute atomic E-state index is 0.0756. The zero-order valence-corrected chi connectivity index (χ0v) is 17.9. The van der Waals surface area contributed by atoms with Crippen LogP contribution in [0.2, 0.25) is 0 Å². The van der Waals surface area contributed by atoms with Crippen molar-refractivity contribution in [3.05, 3.63) is 63.6 Å². The number of halogens is 1. The summed E-state index contributed by atoms with van der Waals surface area (Å²) in [4.78, 5) is 13.0. The van der Waals surface area contributed by atoms with E-state index in [-0.39, 0.29) is 17.1 Å². The van der Waals surface area contributed by atoms with Crippen LogP contribution in [-0.4, -0.2) is 31.6 Å². The van der Waals surface area contributed by atoms with Gasteiger partial charge in [0.15, 0.2) is 5.78 Å². The van der Waals surface area contributed by atoms with Crippen molar-refractivity contribution in [2.75, 3.05) is 13.1 Å². The van der Waals surface area contributed by atoms with E-state index in [1.165, 1.54) is 6.07 Å². The number of carbonyl (C=O) groups excluding carboxylic acids is 1. The van der Waals surface area contributed by atoms with E-state index in [1.54, 1.807) is 22.5 Å². The van der Waals surface area contributed by atoms with Crippen LogP contribution in [0.4, 0.5) is 0 Å². The molecule has 2 aromatic rings. The fraction of sp³-hybridized carbons (Fsp3) is 0.381. The zero-order valence-electron chi connectivity index (χ0n) is 15.4. The maximum Gasteiger partial charge on any atom is 0.243 e. The highest BCUT2D eigenvalue weighted by molar-refractivity contribution is 9.10. The first-order chi connectivity index (χ1) is 12.9. The Hall–Kier alpha value is -1.50. The molecule has 0 spiro atoms. The molecule has 0 amide bonds. The molecule has 27 heavy (non-hydrogen) atoms. The summed E-state index contributed by atoms with van der Waals surface area (Å²) in [5, 5.41) is 0. The van der Waals surface area contributed by atoms with Crippen molar-refractivity contribution in [3.63, 3.8) is 0 Å². The topological polar surface area (TPSA) is 54.5 Å². The molecular formula is C21H24BrNO3S. The van der Waals surface area contributed by atoms with Crippen molar-refractivity contribution in [3.8, 4) is 0 Å². The number of sulfonamides is 1. The number of hydrogen-bond donors (Lipinski definition) is 0. The molecule has 3 rings (SSSR count). The van der Waals surface area contributed by atoms with E-state index in [1.807, 2.05) is 25.1 Å². The molecule has 6 heteroatoms. The molecule has 0 saturated carbocycles. The second kappa shape index (κ2) is 8.67. The molecule has 1 aliphatic heterocycles.